The summed E-state index contributed by atoms with van der Waals surface area (Å²) in [5.74, 6) is 0.799. The van der Waals surface area contributed by atoms with Crippen LogP contribution in [0.1, 0.15) is 6.42 Å². The molecule has 2 saturated heterocycles. The van der Waals surface area contributed by atoms with Crippen LogP contribution in [0.5, 0.6) is 0 Å². The van der Waals surface area contributed by atoms with E-state index in [-0.39, 0.29) is 0 Å². The van der Waals surface area contributed by atoms with Gasteiger partial charge in [0.25, 0.3) is 0 Å². The molecule has 1 atom stereocenters. The minimum atomic E-state index is 0.799. The Labute approximate surface area is 101 Å². The highest BCUT2D eigenvalue weighted by atomic mass is 79.9. The van der Waals surface area contributed by atoms with Crippen molar-refractivity contribution in [1.29, 1.82) is 0 Å². The smallest absolute Gasteiger partial charge is 0.0507 e. The van der Waals surface area contributed by atoms with Crippen molar-refractivity contribution in [2.24, 2.45) is 5.92 Å². The summed E-state index contributed by atoms with van der Waals surface area (Å²) in [4.78, 5) is 5.14. The molecule has 0 N–H and O–H groups in total. The van der Waals surface area contributed by atoms with Gasteiger partial charge >= 0.3 is 0 Å². The Morgan fingerprint density at radius 3 is 2.47 bits per heavy atom. The molecule has 2 aliphatic heterocycles. The number of ether oxygens (including phenoxy) is 1. The van der Waals surface area contributed by atoms with Crippen molar-refractivity contribution in [3.05, 3.63) is 0 Å². The van der Waals surface area contributed by atoms with Crippen LogP contribution in [0.25, 0.3) is 0 Å². The van der Waals surface area contributed by atoms with Crippen molar-refractivity contribution in [2.75, 3.05) is 57.8 Å². The molecule has 1 unspecified atom stereocenters. The van der Waals surface area contributed by atoms with Crippen LogP contribution < -0.4 is 0 Å². The first-order chi connectivity index (χ1) is 7.38. The number of halogens is 1. The molecule has 0 bridgehead atoms. The number of piperazine rings is 1. The maximum absolute atomic E-state index is 5.42. The first-order valence-electron chi connectivity index (χ1n) is 5.97. The van der Waals surface area contributed by atoms with E-state index in [2.05, 4.69) is 25.7 Å². The average molecular weight is 277 g/mol. The monoisotopic (exact) mass is 276 g/mol. The number of nitrogens with zero attached hydrogens (tertiary/aromatic N) is 2. The zero-order chi connectivity index (χ0) is 10.5. The van der Waals surface area contributed by atoms with Crippen molar-refractivity contribution < 1.29 is 4.74 Å². The van der Waals surface area contributed by atoms with Crippen LogP contribution in [0.15, 0.2) is 0 Å². The molecule has 0 aromatic carbocycles. The molecule has 0 saturated carbocycles. The van der Waals surface area contributed by atoms with Gasteiger partial charge in [-0.2, -0.15) is 0 Å². The standard InChI is InChI=1S/C11H21BrN2O/c12-2-3-13-4-6-14(7-5-13)9-11-1-8-15-10-11/h11H,1-10H2. The topological polar surface area (TPSA) is 15.7 Å². The van der Waals surface area contributed by atoms with Crippen molar-refractivity contribution in [1.82, 2.24) is 9.80 Å². The van der Waals surface area contributed by atoms with E-state index in [0.29, 0.717) is 0 Å². The fourth-order valence-electron chi connectivity index (χ4n) is 2.41. The quantitative estimate of drug-likeness (QED) is 0.714. The lowest BCUT2D eigenvalue weighted by molar-refractivity contribution is 0.115. The largest absolute Gasteiger partial charge is 0.381 e. The normalized spacial score (nSPS) is 29.8. The lowest BCUT2D eigenvalue weighted by atomic mass is 10.1. The zero-order valence-corrected chi connectivity index (χ0v) is 10.9. The van der Waals surface area contributed by atoms with Gasteiger partial charge in [-0.15, -0.1) is 0 Å². The summed E-state index contributed by atoms with van der Waals surface area (Å²) in [5.41, 5.74) is 0. The van der Waals surface area contributed by atoms with Crippen molar-refractivity contribution >= 4 is 15.9 Å². The first kappa shape index (κ1) is 11.8. The highest BCUT2D eigenvalue weighted by Gasteiger charge is 2.22. The fourth-order valence-corrected chi connectivity index (χ4v) is 2.91. The maximum atomic E-state index is 5.42. The molecule has 88 valence electrons. The van der Waals surface area contributed by atoms with E-state index < -0.39 is 0 Å². The van der Waals surface area contributed by atoms with Gasteiger partial charge in [0.2, 0.25) is 0 Å². The minimum absolute atomic E-state index is 0.799. The second-order valence-corrected chi connectivity index (χ2v) is 5.35. The van der Waals surface area contributed by atoms with Gasteiger partial charge in [-0.25, -0.2) is 0 Å². The minimum Gasteiger partial charge on any atom is -0.381 e. The Kier molecular flexibility index (Phi) is 4.88. The second-order valence-electron chi connectivity index (χ2n) is 4.56. The number of hydrogen-bond acceptors (Lipinski definition) is 3. The van der Waals surface area contributed by atoms with Crippen LogP contribution in [0.4, 0.5) is 0 Å². The molecular weight excluding hydrogens is 256 g/mol. The summed E-state index contributed by atoms with van der Waals surface area (Å²) in [6.07, 6.45) is 1.27. The molecule has 3 nitrogen and oxygen atoms in total. The molecule has 0 aliphatic carbocycles. The molecule has 0 aromatic heterocycles. The van der Waals surface area contributed by atoms with Gasteiger partial charge in [-0.05, 0) is 12.3 Å². The third-order valence-corrected chi connectivity index (χ3v) is 3.76. The molecule has 0 amide bonds. The van der Waals surface area contributed by atoms with Gasteiger partial charge in [-0.3, -0.25) is 4.90 Å². The number of hydrogen-bond donors (Lipinski definition) is 0. The third kappa shape index (κ3) is 3.70. The van der Waals surface area contributed by atoms with Gasteiger partial charge in [0, 0.05) is 51.2 Å². The molecule has 2 rings (SSSR count). The molecule has 0 spiro atoms. The van der Waals surface area contributed by atoms with Gasteiger partial charge in [-0.1, -0.05) is 15.9 Å². The van der Waals surface area contributed by atoms with E-state index in [1.807, 2.05) is 0 Å². The second kappa shape index (κ2) is 6.18. The lowest BCUT2D eigenvalue weighted by Crippen LogP contribution is -2.48. The van der Waals surface area contributed by atoms with Gasteiger partial charge in [0.15, 0.2) is 0 Å². The summed E-state index contributed by atoms with van der Waals surface area (Å²) >= 11 is 3.50. The Hall–Kier alpha value is 0.360. The molecule has 0 radical (unpaired) electrons. The van der Waals surface area contributed by atoms with Gasteiger partial charge in [0.05, 0.1) is 6.61 Å². The summed E-state index contributed by atoms with van der Waals surface area (Å²) in [7, 11) is 0. The molecular formula is C11H21BrN2O. The van der Waals surface area contributed by atoms with E-state index in [1.54, 1.807) is 0 Å². The molecule has 2 aliphatic rings. The van der Waals surface area contributed by atoms with Crippen LogP contribution in [-0.2, 0) is 4.74 Å². The van der Waals surface area contributed by atoms with Crippen LogP contribution in [0, 0.1) is 5.92 Å². The van der Waals surface area contributed by atoms with Gasteiger partial charge < -0.3 is 9.64 Å². The van der Waals surface area contributed by atoms with E-state index in [0.717, 1.165) is 24.5 Å². The number of alkyl halides is 1. The van der Waals surface area contributed by atoms with E-state index in [4.69, 9.17) is 4.74 Å². The molecule has 2 heterocycles. The summed E-state index contributed by atoms with van der Waals surface area (Å²) in [5, 5.41) is 1.10. The van der Waals surface area contributed by atoms with Crippen molar-refractivity contribution in [3.63, 3.8) is 0 Å². The van der Waals surface area contributed by atoms with Crippen molar-refractivity contribution in [3.8, 4) is 0 Å². The Bertz CT molecular complexity index is 177. The third-order valence-electron chi connectivity index (χ3n) is 3.41. The van der Waals surface area contributed by atoms with E-state index >= 15 is 0 Å². The zero-order valence-electron chi connectivity index (χ0n) is 9.33. The molecule has 4 heteroatoms. The average Bonchev–Trinajstić information content (AvgIpc) is 2.74. The van der Waals surface area contributed by atoms with Crippen molar-refractivity contribution in [2.45, 2.75) is 6.42 Å². The molecule has 15 heavy (non-hydrogen) atoms. The Balaban J connectivity index is 1.64. The van der Waals surface area contributed by atoms with E-state index in [1.165, 1.54) is 45.7 Å². The predicted octanol–water partition coefficient (Wildman–Crippen LogP) is 1.04. The SMILES string of the molecule is BrCCN1CCN(CC2CCOC2)CC1. The Morgan fingerprint density at radius 2 is 1.87 bits per heavy atom. The highest BCUT2D eigenvalue weighted by molar-refractivity contribution is 9.09. The fraction of sp³-hybridized carbons (Fsp3) is 1.00. The van der Waals surface area contributed by atoms with Crippen LogP contribution >= 0.6 is 15.9 Å². The molecule has 2 fully saturated rings. The highest BCUT2D eigenvalue weighted by Crippen LogP contribution is 2.15. The predicted molar refractivity (Wildman–Crippen MR) is 65.6 cm³/mol. The lowest BCUT2D eigenvalue weighted by Gasteiger charge is -2.35. The first-order valence-corrected chi connectivity index (χ1v) is 7.09. The number of rotatable bonds is 4. The van der Waals surface area contributed by atoms with Gasteiger partial charge in [0.1, 0.15) is 0 Å². The van der Waals surface area contributed by atoms with E-state index in [9.17, 15) is 0 Å². The van der Waals surface area contributed by atoms with Crippen LogP contribution in [-0.4, -0.2) is 67.6 Å². The van der Waals surface area contributed by atoms with Crippen LogP contribution in [0.2, 0.25) is 0 Å². The summed E-state index contributed by atoms with van der Waals surface area (Å²) in [6.45, 7) is 9.36. The molecule has 0 aromatic rings. The Morgan fingerprint density at radius 1 is 1.13 bits per heavy atom. The summed E-state index contributed by atoms with van der Waals surface area (Å²) in [6, 6.07) is 0. The maximum Gasteiger partial charge on any atom is 0.0507 e. The van der Waals surface area contributed by atoms with Crippen LogP contribution in [0.3, 0.4) is 0 Å². The summed E-state index contributed by atoms with van der Waals surface area (Å²) < 4.78 is 5.42.